The highest BCUT2D eigenvalue weighted by molar-refractivity contribution is 7.85. The van der Waals surface area contributed by atoms with Crippen LogP contribution in [0, 0.1) is 0 Å². The third-order valence-electron chi connectivity index (χ3n) is 1.81. The van der Waals surface area contributed by atoms with Crippen molar-refractivity contribution in [2.24, 2.45) is 0 Å². The minimum atomic E-state index is -0.898. The molecule has 1 atom stereocenters. The molecule has 1 aromatic carbocycles. The molecular formula is C10H14O2S2. The maximum Gasteiger partial charge on any atom is 0.118 e. The summed E-state index contributed by atoms with van der Waals surface area (Å²) in [5.41, 5.74) is 0. The molecule has 0 amide bonds. The van der Waals surface area contributed by atoms with E-state index >= 15 is 0 Å². The lowest BCUT2D eigenvalue weighted by Crippen LogP contribution is -1.98. The Morgan fingerprint density at radius 2 is 2.00 bits per heavy atom. The van der Waals surface area contributed by atoms with Gasteiger partial charge in [-0.3, -0.25) is 4.21 Å². The summed E-state index contributed by atoms with van der Waals surface area (Å²) in [6, 6.07) is 7.34. The highest BCUT2D eigenvalue weighted by Gasteiger charge is 2.02. The summed E-state index contributed by atoms with van der Waals surface area (Å²) in [4.78, 5) is 0.854. The zero-order chi connectivity index (χ0) is 10.4. The molecule has 0 aliphatic rings. The van der Waals surface area contributed by atoms with Crippen LogP contribution < -0.4 is 4.74 Å². The SMILES string of the molecule is COc1ccc(S(=O)CCCS)cc1. The van der Waals surface area contributed by atoms with E-state index < -0.39 is 10.8 Å². The van der Waals surface area contributed by atoms with E-state index in [1.807, 2.05) is 24.3 Å². The zero-order valence-electron chi connectivity index (χ0n) is 8.10. The van der Waals surface area contributed by atoms with Gasteiger partial charge in [0.25, 0.3) is 0 Å². The van der Waals surface area contributed by atoms with Gasteiger partial charge in [-0.1, -0.05) is 0 Å². The first kappa shape index (κ1) is 11.6. The van der Waals surface area contributed by atoms with Crippen molar-refractivity contribution in [3.8, 4) is 5.75 Å². The minimum absolute atomic E-state index is 0.676. The molecule has 2 nitrogen and oxygen atoms in total. The van der Waals surface area contributed by atoms with Crippen LogP contribution in [-0.2, 0) is 10.8 Å². The highest BCUT2D eigenvalue weighted by Crippen LogP contribution is 2.14. The van der Waals surface area contributed by atoms with E-state index in [0.29, 0.717) is 5.75 Å². The van der Waals surface area contributed by atoms with Crippen LogP contribution in [0.3, 0.4) is 0 Å². The number of ether oxygens (including phenoxy) is 1. The van der Waals surface area contributed by atoms with Crippen LogP contribution in [-0.4, -0.2) is 22.8 Å². The first-order chi connectivity index (χ1) is 6.77. The van der Waals surface area contributed by atoms with Crippen molar-refractivity contribution in [3.63, 3.8) is 0 Å². The molecule has 0 N–H and O–H groups in total. The third-order valence-corrected chi connectivity index (χ3v) is 3.58. The largest absolute Gasteiger partial charge is 0.497 e. The molecule has 0 saturated carbocycles. The van der Waals surface area contributed by atoms with Gasteiger partial charge in [0.1, 0.15) is 5.75 Å². The number of benzene rings is 1. The van der Waals surface area contributed by atoms with Crippen molar-refractivity contribution < 1.29 is 8.95 Å². The van der Waals surface area contributed by atoms with Gasteiger partial charge in [-0.2, -0.15) is 12.6 Å². The Morgan fingerprint density at radius 1 is 1.36 bits per heavy atom. The van der Waals surface area contributed by atoms with E-state index in [1.165, 1.54) is 0 Å². The number of methoxy groups -OCH3 is 1. The number of hydrogen-bond acceptors (Lipinski definition) is 3. The lowest BCUT2D eigenvalue weighted by Gasteiger charge is -2.02. The Labute approximate surface area is 92.5 Å². The standard InChI is InChI=1S/C10H14O2S2/c1-12-9-3-5-10(6-4-9)14(11)8-2-7-13/h3-6,13H,2,7-8H2,1H3. The number of rotatable bonds is 5. The Balaban J connectivity index is 2.62. The van der Waals surface area contributed by atoms with Crippen LogP contribution in [0.5, 0.6) is 5.75 Å². The third kappa shape index (κ3) is 3.35. The van der Waals surface area contributed by atoms with Crippen LogP contribution in [0.25, 0.3) is 0 Å². The molecule has 78 valence electrons. The van der Waals surface area contributed by atoms with Crippen LogP contribution in [0.15, 0.2) is 29.2 Å². The lowest BCUT2D eigenvalue weighted by molar-refractivity contribution is 0.414. The van der Waals surface area contributed by atoms with E-state index in [2.05, 4.69) is 12.6 Å². The molecular weight excluding hydrogens is 216 g/mol. The second kappa shape index (κ2) is 6.09. The van der Waals surface area contributed by atoms with Crippen LogP contribution in [0.1, 0.15) is 6.42 Å². The van der Waals surface area contributed by atoms with E-state index in [0.717, 1.165) is 22.8 Å². The molecule has 0 bridgehead atoms. The number of thiol groups is 1. The van der Waals surface area contributed by atoms with E-state index in [-0.39, 0.29) is 0 Å². The summed E-state index contributed by atoms with van der Waals surface area (Å²) >= 11 is 4.08. The van der Waals surface area contributed by atoms with Gasteiger partial charge in [0.2, 0.25) is 0 Å². The molecule has 1 aromatic rings. The van der Waals surface area contributed by atoms with Gasteiger partial charge < -0.3 is 4.74 Å². The van der Waals surface area contributed by atoms with E-state index in [9.17, 15) is 4.21 Å². The van der Waals surface area contributed by atoms with Crippen molar-refractivity contribution >= 4 is 23.4 Å². The quantitative estimate of drug-likeness (QED) is 0.784. The fourth-order valence-corrected chi connectivity index (χ4v) is 2.49. The van der Waals surface area contributed by atoms with Gasteiger partial charge in [-0.15, -0.1) is 0 Å². The zero-order valence-corrected chi connectivity index (χ0v) is 9.81. The summed E-state index contributed by atoms with van der Waals surface area (Å²) in [6.07, 6.45) is 0.877. The molecule has 0 radical (unpaired) electrons. The Kier molecular flexibility index (Phi) is 5.04. The van der Waals surface area contributed by atoms with Crippen molar-refractivity contribution in [2.75, 3.05) is 18.6 Å². The lowest BCUT2D eigenvalue weighted by atomic mass is 10.3. The average Bonchev–Trinajstić information content (AvgIpc) is 2.26. The summed E-state index contributed by atoms with van der Waals surface area (Å²) in [5.74, 6) is 2.25. The molecule has 0 fully saturated rings. The minimum Gasteiger partial charge on any atom is -0.497 e. The first-order valence-electron chi connectivity index (χ1n) is 4.41. The Hall–Kier alpha value is -0.480. The van der Waals surface area contributed by atoms with E-state index in [4.69, 9.17) is 4.74 Å². The smallest absolute Gasteiger partial charge is 0.118 e. The average molecular weight is 230 g/mol. The molecule has 0 aromatic heterocycles. The maximum absolute atomic E-state index is 11.6. The molecule has 0 aliphatic heterocycles. The van der Waals surface area contributed by atoms with Crippen molar-refractivity contribution in [1.82, 2.24) is 0 Å². The fraction of sp³-hybridized carbons (Fsp3) is 0.400. The molecule has 4 heteroatoms. The molecule has 1 rings (SSSR count). The predicted molar refractivity (Wildman–Crippen MR) is 62.7 cm³/mol. The predicted octanol–water partition coefficient (Wildman–Crippen LogP) is 2.12. The van der Waals surface area contributed by atoms with Gasteiger partial charge in [-0.25, -0.2) is 0 Å². The Morgan fingerprint density at radius 3 is 2.50 bits per heavy atom. The van der Waals surface area contributed by atoms with Crippen molar-refractivity contribution in [1.29, 1.82) is 0 Å². The monoisotopic (exact) mass is 230 g/mol. The Bertz CT molecular complexity index is 295. The second-order valence-corrected chi connectivity index (χ2v) is 4.82. The molecule has 0 heterocycles. The van der Waals surface area contributed by atoms with Crippen molar-refractivity contribution in [3.05, 3.63) is 24.3 Å². The fourth-order valence-electron chi connectivity index (χ4n) is 1.04. The topological polar surface area (TPSA) is 26.3 Å². The summed E-state index contributed by atoms with van der Waals surface area (Å²) < 4.78 is 16.7. The van der Waals surface area contributed by atoms with Crippen LogP contribution in [0.2, 0.25) is 0 Å². The summed E-state index contributed by atoms with van der Waals surface area (Å²) in [5, 5.41) is 0. The molecule has 0 saturated heterocycles. The summed E-state index contributed by atoms with van der Waals surface area (Å²) in [6.45, 7) is 0. The maximum atomic E-state index is 11.6. The van der Waals surface area contributed by atoms with Gasteiger partial charge in [0.15, 0.2) is 0 Å². The normalized spacial score (nSPS) is 12.4. The molecule has 14 heavy (non-hydrogen) atoms. The van der Waals surface area contributed by atoms with Crippen molar-refractivity contribution in [2.45, 2.75) is 11.3 Å². The van der Waals surface area contributed by atoms with Crippen LogP contribution in [0.4, 0.5) is 0 Å². The van der Waals surface area contributed by atoms with Gasteiger partial charge in [0.05, 0.1) is 17.9 Å². The first-order valence-corrected chi connectivity index (χ1v) is 6.36. The van der Waals surface area contributed by atoms with Gasteiger partial charge >= 0.3 is 0 Å². The van der Waals surface area contributed by atoms with Gasteiger partial charge in [0, 0.05) is 10.6 Å². The van der Waals surface area contributed by atoms with Crippen LogP contribution >= 0.6 is 12.6 Å². The van der Waals surface area contributed by atoms with Gasteiger partial charge in [-0.05, 0) is 36.4 Å². The molecule has 1 unspecified atom stereocenters. The van der Waals surface area contributed by atoms with E-state index in [1.54, 1.807) is 7.11 Å². The second-order valence-electron chi connectivity index (χ2n) is 2.80. The molecule has 0 aliphatic carbocycles. The number of hydrogen-bond donors (Lipinski definition) is 1. The highest BCUT2D eigenvalue weighted by atomic mass is 32.2. The summed E-state index contributed by atoms with van der Waals surface area (Å²) in [7, 11) is 0.720. The molecule has 0 spiro atoms.